The lowest BCUT2D eigenvalue weighted by Gasteiger charge is -2.32. The molecule has 0 aliphatic carbocycles. The predicted octanol–water partition coefficient (Wildman–Crippen LogP) is 4.24. The number of rotatable bonds is 3. The van der Waals surface area contributed by atoms with Gasteiger partial charge in [-0.1, -0.05) is 45.9 Å². The number of hydrogen-bond donors (Lipinski definition) is 1. The number of fused-ring (bicyclic) bond motifs is 1. The van der Waals surface area contributed by atoms with E-state index in [0.717, 1.165) is 17.8 Å². The summed E-state index contributed by atoms with van der Waals surface area (Å²) in [5.41, 5.74) is 3.70. The van der Waals surface area contributed by atoms with Crippen LogP contribution in [0.1, 0.15) is 45.0 Å². The summed E-state index contributed by atoms with van der Waals surface area (Å²) in [5, 5.41) is 4.89. The molecular weight excluding hydrogens is 232 g/mol. The fourth-order valence-corrected chi connectivity index (χ4v) is 2.67. The number of nitrogens with one attached hydrogen (secondary N) is 1. The van der Waals surface area contributed by atoms with Gasteiger partial charge in [-0.05, 0) is 36.6 Å². The highest BCUT2D eigenvalue weighted by Gasteiger charge is 2.27. The molecule has 2 aromatic rings. The summed E-state index contributed by atoms with van der Waals surface area (Å²) in [6.07, 6.45) is 0. The number of nitrogens with zero attached hydrogens (tertiary/aromatic N) is 1. The summed E-state index contributed by atoms with van der Waals surface area (Å²) in [4.78, 5) is 4.63. The molecule has 1 atom stereocenters. The van der Waals surface area contributed by atoms with Gasteiger partial charge >= 0.3 is 0 Å². The fraction of sp³-hybridized carbons (Fsp3) is 0.471. The van der Waals surface area contributed by atoms with Crippen molar-refractivity contribution in [3.8, 4) is 0 Å². The van der Waals surface area contributed by atoms with Crippen LogP contribution in [0, 0.1) is 12.3 Å². The third-order valence-electron chi connectivity index (χ3n) is 3.46. The van der Waals surface area contributed by atoms with Crippen LogP contribution in [-0.2, 0) is 0 Å². The average molecular weight is 256 g/mol. The molecule has 102 valence electrons. The van der Waals surface area contributed by atoms with Gasteiger partial charge in [-0.25, -0.2) is 0 Å². The normalized spacial score (nSPS) is 13.7. The molecule has 0 spiro atoms. The van der Waals surface area contributed by atoms with Crippen molar-refractivity contribution >= 4 is 10.9 Å². The van der Waals surface area contributed by atoms with E-state index >= 15 is 0 Å². The second-order valence-corrected chi connectivity index (χ2v) is 6.23. The fourth-order valence-electron chi connectivity index (χ4n) is 2.67. The maximum absolute atomic E-state index is 4.63. The van der Waals surface area contributed by atoms with Gasteiger partial charge in [0.15, 0.2) is 0 Å². The van der Waals surface area contributed by atoms with Crippen LogP contribution in [0.4, 0.5) is 0 Å². The van der Waals surface area contributed by atoms with E-state index in [0.29, 0.717) is 6.04 Å². The van der Waals surface area contributed by atoms with Gasteiger partial charge in [0.1, 0.15) is 0 Å². The van der Waals surface area contributed by atoms with Crippen LogP contribution in [0.3, 0.4) is 0 Å². The molecule has 0 aliphatic rings. The molecule has 19 heavy (non-hydrogen) atoms. The second-order valence-electron chi connectivity index (χ2n) is 6.23. The maximum Gasteiger partial charge on any atom is 0.0708 e. The van der Waals surface area contributed by atoms with Gasteiger partial charge in [-0.2, -0.15) is 0 Å². The average Bonchev–Trinajstić information content (AvgIpc) is 2.33. The number of aryl methyl sites for hydroxylation is 1. The van der Waals surface area contributed by atoms with Crippen LogP contribution in [0.15, 0.2) is 30.3 Å². The molecule has 2 heteroatoms. The Kier molecular flexibility index (Phi) is 3.91. The Balaban J connectivity index is 2.65. The summed E-state index contributed by atoms with van der Waals surface area (Å²) in [7, 11) is 0. The zero-order valence-corrected chi connectivity index (χ0v) is 12.6. The molecule has 1 heterocycles. The lowest BCUT2D eigenvalue weighted by molar-refractivity contribution is 0.278. The van der Waals surface area contributed by atoms with Gasteiger partial charge in [-0.15, -0.1) is 0 Å². The molecule has 2 nitrogen and oxygen atoms in total. The van der Waals surface area contributed by atoms with E-state index in [2.05, 4.69) is 75.3 Å². The molecule has 0 amide bonds. The monoisotopic (exact) mass is 256 g/mol. The summed E-state index contributed by atoms with van der Waals surface area (Å²) in [6, 6.07) is 11.0. The minimum atomic E-state index is 0.173. The lowest BCUT2D eigenvalue weighted by atomic mass is 9.81. The van der Waals surface area contributed by atoms with Crippen molar-refractivity contribution in [2.75, 3.05) is 6.54 Å². The molecule has 0 saturated heterocycles. The smallest absolute Gasteiger partial charge is 0.0708 e. The van der Waals surface area contributed by atoms with Gasteiger partial charge in [0.25, 0.3) is 0 Å². The van der Waals surface area contributed by atoms with E-state index in [9.17, 15) is 0 Å². The molecule has 1 N–H and O–H groups in total. The Hall–Kier alpha value is -1.41. The minimum absolute atomic E-state index is 0.173. The molecule has 0 bridgehead atoms. The van der Waals surface area contributed by atoms with E-state index < -0.39 is 0 Å². The van der Waals surface area contributed by atoms with Crippen molar-refractivity contribution in [1.29, 1.82) is 0 Å². The quantitative estimate of drug-likeness (QED) is 0.888. The van der Waals surface area contributed by atoms with E-state index in [-0.39, 0.29) is 5.41 Å². The van der Waals surface area contributed by atoms with Crippen molar-refractivity contribution in [3.63, 3.8) is 0 Å². The van der Waals surface area contributed by atoms with Crippen molar-refractivity contribution < 1.29 is 0 Å². The highest BCUT2D eigenvalue weighted by molar-refractivity contribution is 5.83. The van der Waals surface area contributed by atoms with Gasteiger partial charge in [-0.3, -0.25) is 4.98 Å². The highest BCUT2D eigenvalue weighted by Crippen LogP contribution is 2.36. The largest absolute Gasteiger partial charge is 0.310 e. The standard InChI is InChI=1S/C17H24N2/c1-6-18-16(17(3,4)5)14-11-12(2)19-15-10-8-7-9-13(14)15/h7-11,16,18H,6H2,1-5H3. The van der Waals surface area contributed by atoms with E-state index in [1.54, 1.807) is 0 Å². The first-order chi connectivity index (χ1) is 8.93. The second kappa shape index (κ2) is 5.30. The van der Waals surface area contributed by atoms with Crippen LogP contribution in [-0.4, -0.2) is 11.5 Å². The van der Waals surface area contributed by atoms with Crippen LogP contribution in [0.25, 0.3) is 10.9 Å². The zero-order valence-electron chi connectivity index (χ0n) is 12.6. The lowest BCUT2D eigenvalue weighted by Crippen LogP contribution is -2.32. The van der Waals surface area contributed by atoms with E-state index in [1.165, 1.54) is 10.9 Å². The third kappa shape index (κ3) is 2.95. The van der Waals surface area contributed by atoms with Crippen molar-refractivity contribution in [3.05, 3.63) is 41.6 Å². The van der Waals surface area contributed by atoms with Gasteiger partial charge in [0, 0.05) is 17.1 Å². The minimum Gasteiger partial charge on any atom is -0.310 e. The highest BCUT2D eigenvalue weighted by atomic mass is 14.9. The van der Waals surface area contributed by atoms with Gasteiger partial charge in [0.05, 0.1) is 5.52 Å². The number of benzene rings is 1. The SMILES string of the molecule is CCNC(c1cc(C)nc2ccccc12)C(C)(C)C. The molecule has 1 unspecified atom stereocenters. The third-order valence-corrected chi connectivity index (χ3v) is 3.46. The van der Waals surface area contributed by atoms with Crippen LogP contribution >= 0.6 is 0 Å². The molecular formula is C17H24N2. The van der Waals surface area contributed by atoms with Crippen LogP contribution in [0.5, 0.6) is 0 Å². The maximum atomic E-state index is 4.63. The van der Waals surface area contributed by atoms with Crippen LogP contribution in [0.2, 0.25) is 0 Å². The molecule has 0 radical (unpaired) electrons. The first-order valence-electron chi connectivity index (χ1n) is 7.03. The molecule has 0 fully saturated rings. The van der Waals surface area contributed by atoms with Crippen molar-refractivity contribution in [2.45, 2.75) is 40.7 Å². The number of pyridine rings is 1. The van der Waals surface area contributed by atoms with Crippen molar-refractivity contribution in [2.24, 2.45) is 5.41 Å². The molecule has 1 aromatic heterocycles. The summed E-state index contributed by atoms with van der Waals surface area (Å²) in [6.45, 7) is 12.1. The topological polar surface area (TPSA) is 24.9 Å². The Morgan fingerprint density at radius 3 is 2.53 bits per heavy atom. The van der Waals surface area contributed by atoms with Crippen molar-refractivity contribution in [1.82, 2.24) is 10.3 Å². The van der Waals surface area contributed by atoms with E-state index in [1.807, 2.05) is 0 Å². The number of para-hydroxylation sites is 1. The predicted molar refractivity (Wildman–Crippen MR) is 82.4 cm³/mol. The van der Waals surface area contributed by atoms with Crippen LogP contribution < -0.4 is 5.32 Å². The van der Waals surface area contributed by atoms with Gasteiger partial charge in [0.2, 0.25) is 0 Å². The first-order valence-corrected chi connectivity index (χ1v) is 7.03. The Morgan fingerprint density at radius 2 is 1.89 bits per heavy atom. The van der Waals surface area contributed by atoms with Gasteiger partial charge < -0.3 is 5.32 Å². The molecule has 0 saturated carbocycles. The molecule has 2 rings (SSSR count). The Bertz CT molecular complexity index is 567. The number of hydrogen-bond acceptors (Lipinski definition) is 2. The first kappa shape index (κ1) is 14.0. The summed E-state index contributed by atoms with van der Waals surface area (Å²) >= 11 is 0. The Morgan fingerprint density at radius 1 is 1.21 bits per heavy atom. The zero-order chi connectivity index (χ0) is 14.0. The summed E-state index contributed by atoms with van der Waals surface area (Å²) < 4.78 is 0. The number of aromatic nitrogens is 1. The Labute approximate surface area is 116 Å². The molecule has 0 aliphatic heterocycles. The molecule has 1 aromatic carbocycles. The summed E-state index contributed by atoms with van der Waals surface area (Å²) in [5.74, 6) is 0. The van der Waals surface area contributed by atoms with E-state index in [4.69, 9.17) is 0 Å².